The van der Waals surface area contributed by atoms with Crippen molar-refractivity contribution in [3.8, 4) is 0 Å². The predicted octanol–water partition coefficient (Wildman–Crippen LogP) is 1.69. The molecule has 2 aliphatic heterocycles. The van der Waals surface area contributed by atoms with Gasteiger partial charge in [-0.25, -0.2) is 0 Å². The lowest BCUT2D eigenvalue weighted by molar-refractivity contribution is 0.0988. The molecular formula is C16H33N3O. The van der Waals surface area contributed by atoms with E-state index in [0.29, 0.717) is 6.10 Å². The van der Waals surface area contributed by atoms with Gasteiger partial charge in [0.15, 0.2) is 0 Å². The van der Waals surface area contributed by atoms with Crippen molar-refractivity contribution in [2.24, 2.45) is 5.73 Å². The molecule has 0 aliphatic carbocycles. The Kier molecular flexibility index (Phi) is 7.88. The maximum atomic E-state index is 5.70. The van der Waals surface area contributed by atoms with Crippen molar-refractivity contribution in [1.82, 2.24) is 9.80 Å². The van der Waals surface area contributed by atoms with Crippen LogP contribution in [0.3, 0.4) is 0 Å². The second kappa shape index (κ2) is 9.72. The third-order valence-corrected chi connectivity index (χ3v) is 4.63. The van der Waals surface area contributed by atoms with Gasteiger partial charge in [0.1, 0.15) is 0 Å². The van der Waals surface area contributed by atoms with Gasteiger partial charge in [0.2, 0.25) is 0 Å². The maximum absolute atomic E-state index is 5.70. The van der Waals surface area contributed by atoms with E-state index in [-0.39, 0.29) is 0 Å². The smallest absolute Gasteiger partial charge is 0.0576 e. The maximum Gasteiger partial charge on any atom is 0.0576 e. The van der Waals surface area contributed by atoms with Crippen LogP contribution in [0.1, 0.15) is 44.9 Å². The fourth-order valence-corrected chi connectivity index (χ4v) is 3.37. The molecule has 118 valence electrons. The van der Waals surface area contributed by atoms with Crippen LogP contribution in [0.5, 0.6) is 0 Å². The Morgan fingerprint density at radius 2 is 1.65 bits per heavy atom. The van der Waals surface area contributed by atoms with Gasteiger partial charge in [-0.2, -0.15) is 0 Å². The predicted molar refractivity (Wildman–Crippen MR) is 84.0 cm³/mol. The molecule has 4 heteroatoms. The number of rotatable bonds is 8. The average molecular weight is 283 g/mol. The molecule has 1 atom stereocenters. The lowest BCUT2D eigenvalue weighted by Gasteiger charge is -2.22. The number of hydrogen-bond acceptors (Lipinski definition) is 4. The van der Waals surface area contributed by atoms with E-state index in [9.17, 15) is 0 Å². The number of nitrogens with two attached hydrogens (primary N) is 1. The largest absolute Gasteiger partial charge is 0.378 e. The van der Waals surface area contributed by atoms with Gasteiger partial charge >= 0.3 is 0 Å². The average Bonchev–Trinajstić information content (AvgIpc) is 2.87. The Bertz CT molecular complexity index is 244. The molecule has 2 aliphatic rings. The van der Waals surface area contributed by atoms with Gasteiger partial charge in [-0.15, -0.1) is 0 Å². The Hall–Kier alpha value is -0.160. The molecule has 2 heterocycles. The zero-order valence-corrected chi connectivity index (χ0v) is 13.1. The molecule has 0 aromatic heterocycles. The van der Waals surface area contributed by atoms with Crippen molar-refractivity contribution in [2.45, 2.75) is 51.0 Å². The van der Waals surface area contributed by atoms with Crippen molar-refractivity contribution >= 4 is 0 Å². The lowest BCUT2D eigenvalue weighted by Crippen LogP contribution is -2.32. The topological polar surface area (TPSA) is 41.7 Å². The third-order valence-electron chi connectivity index (χ3n) is 4.63. The minimum absolute atomic E-state index is 0.565. The molecule has 0 aromatic carbocycles. The fraction of sp³-hybridized carbons (Fsp3) is 1.00. The summed E-state index contributed by atoms with van der Waals surface area (Å²) in [4.78, 5) is 5.27. The van der Waals surface area contributed by atoms with Gasteiger partial charge in [-0.1, -0.05) is 0 Å². The van der Waals surface area contributed by atoms with Crippen molar-refractivity contribution in [1.29, 1.82) is 0 Å². The molecule has 0 radical (unpaired) electrons. The summed E-state index contributed by atoms with van der Waals surface area (Å²) >= 11 is 0. The SMILES string of the molecule is NCCCCN1CCCN(CCCC2CCCO2)CC1. The van der Waals surface area contributed by atoms with Crippen LogP contribution in [0.25, 0.3) is 0 Å². The number of hydrogen-bond donors (Lipinski definition) is 1. The van der Waals surface area contributed by atoms with Crippen LogP contribution < -0.4 is 5.73 Å². The van der Waals surface area contributed by atoms with Gasteiger partial charge in [0, 0.05) is 19.7 Å². The first-order valence-corrected chi connectivity index (χ1v) is 8.65. The van der Waals surface area contributed by atoms with Crippen molar-refractivity contribution in [2.75, 3.05) is 52.4 Å². The monoisotopic (exact) mass is 283 g/mol. The second-order valence-electron chi connectivity index (χ2n) is 6.31. The molecule has 4 nitrogen and oxygen atoms in total. The molecule has 2 fully saturated rings. The molecule has 1 unspecified atom stereocenters. The van der Waals surface area contributed by atoms with Crippen LogP contribution >= 0.6 is 0 Å². The summed E-state index contributed by atoms with van der Waals surface area (Å²) in [6.45, 7) is 9.36. The molecule has 20 heavy (non-hydrogen) atoms. The third kappa shape index (κ3) is 6.08. The zero-order valence-electron chi connectivity index (χ0n) is 13.1. The lowest BCUT2D eigenvalue weighted by atomic mass is 10.1. The van der Waals surface area contributed by atoms with Gasteiger partial charge in [0.05, 0.1) is 6.10 Å². The summed E-state index contributed by atoms with van der Waals surface area (Å²) in [5, 5.41) is 0. The molecular weight excluding hydrogens is 250 g/mol. The highest BCUT2D eigenvalue weighted by atomic mass is 16.5. The van der Waals surface area contributed by atoms with E-state index in [2.05, 4.69) is 9.80 Å². The van der Waals surface area contributed by atoms with Crippen LogP contribution in [-0.2, 0) is 4.74 Å². The van der Waals surface area contributed by atoms with Crippen molar-refractivity contribution < 1.29 is 4.74 Å². The fourth-order valence-electron chi connectivity index (χ4n) is 3.37. The van der Waals surface area contributed by atoms with Crippen LogP contribution in [0.4, 0.5) is 0 Å². The molecule has 0 saturated carbocycles. The molecule has 2 saturated heterocycles. The van der Waals surface area contributed by atoms with Crippen LogP contribution in [0.2, 0.25) is 0 Å². The van der Waals surface area contributed by atoms with E-state index >= 15 is 0 Å². The van der Waals surface area contributed by atoms with Crippen molar-refractivity contribution in [3.05, 3.63) is 0 Å². The molecule has 0 amide bonds. The molecule has 2 rings (SSSR count). The minimum atomic E-state index is 0.565. The highest BCUT2D eigenvalue weighted by molar-refractivity contribution is 4.71. The molecule has 0 spiro atoms. The standard InChI is InChI=1S/C16H33N3O/c17-8-1-2-9-18-11-5-12-19(14-13-18)10-3-6-16-7-4-15-20-16/h16H,1-15,17H2. The Labute approximate surface area is 124 Å². The van der Waals surface area contributed by atoms with E-state index in [1.807, 2.05) is 0 Å². The summed E-state index contributed by atoms with van der Waals surface area (Å²) < 4.78 is 5.70. The number of ether oxygens (including phenoxy) is 1. The van der Waals surface area contributed by atoms with E-state index in [1.165, 1.54) is 84.2 Å². The van der Waals surface area contributed by atoms with Crippen molar-refractivity contribution in [3.63, 3.8) is 0 Å². The van der Waals surface area contributed by atoms with E-state index in [0.717, 1.165) is 13.2 Å². The van der Waals surface area contributed by atoms with Crippen LogP contribution in [0, 0.1) is 0 Å². The normalized spacial score (nSPS) is 25.9. The summed E-state index contributed by atoms with van der Waals surface area (Å²) in [7, 11) is 0. The van der Waals surface area contributed by atoms with E-state index in [1.54, 1.807) is 0 Å². The summed E-state index contributed by atoms with van der Waals surface area (Å²) in [6.07, 6.45) is 9.43. The van der Waals surface area contributed by atoms with Gasteiger partial charge < -0.3 is 20.3 Å². The second-order valence-corrected chi connectivity index (χ2v) is 6.31. The van der Waals surface area contributed by atoms with E-state index < -0.39 is 0 Å². The minimum Gasteiger partial charge on any atom is -0.378 e. The Morgan fingerprint density at radius 3 is 2.30 bits per heavy atom. The van der Waals surface area contributed by atoms with Gasteiger partial charge in [0.25, 0.3) is 0 Å². The first kappa shape index (κ1) is 16.2. The van der Waals surface area contributed by atoms with E-state index in [4.69, 9.17) is 10.5 Å². The highest BCUT2D eigenvalue weighted by Gasteiger charge is 2.17. The summed E-state index contributed by atoms with van der Waals surface area (Å²) in [6, 6.07) is 0. The van der Waals surface area contributed by atoms with Gasteiger partial charge in [-0.05, 0) is 77.7 Å². The molecule has 0 aromatic rings. The van der Waals surface area contributed by atoms with Crippen LogP contribution in [0.15, 0.2) is 0 Å². The zero-order chi connectivity index (χ0) is 14.0. The molecule has 2 N–H and O–H groups in total. The first-order chi connectivity index (χ1) is 9.88. The Morgan fingerprint density at radius 1 is 0.900 bits per heavy atom. The summed E-state index contributed by atoms with van der Waals surface area (Å²) in [5.74, 6) is 0. The highest BCUT2D eigenvalue weighted by Crippen LogP contribution is 2.17. The van der Waals surface area contributed by atoms with Gasteiger partial charge in [-0.3, -0.25) is 0 Å². The quantitative estimate of drug-likeness (QED) is 0.688. The Balaban J connectivity index is 1.55. The molecule has 0 bridgehead atoms. The first-order valence-electron chi connectivity index (χ1n) is 8.65. The summed E-state index contributed by atoms with van der Waals surface area (Å²) in [5.41, 5.74) is 5.57. The van der Waals surface area contributed by atoms with Crippen LogP contribution in [-0.4, -0.2) is 68.3 Å². The number of nitrogens with zero attached hydrogens (tertiary/aromatic N) is 2. The number of unbranched alkanes of at least 4 members (excludes halogenated alkanes) is 1.